The normalized spacial score (nSPS) is 20.3. The lowest BCUT2D eigenvalue weighted by atomic mass is 9.98. The molecule has 5 heteroatoms. The summed E-state index contributed by atoms with van der Waals surface area (Å²) in [5.74, 6) is -0.111. The summed E-state index contributed by atoms with van der Waals surface area (Å²) < 4.78 is 0. The van der Waals surface area contributed by atoms with Gasteiger partial charge in [0.2, 0.25) is 0 Å². The number of amides is 1. The Labute approximate surface area is 99.1 Å². The molecule has 1 amide bonds. The number of H-pyrrole nitrogens is 1. The smallest absolute Gasteiger partial charge is 0.259 e. The van der Waals surface area contributed by atoms with Crippen LogP contribution in [0.2, 0.25) is 0 Å². The largest absolute Gasteiger partial charge is 0.396 e. The number of likely N-dealkylation sites (tertiary alicyclic amines) is 1. The molecule has 0 radical (unpaired) electrons. The zero-order valence-electron chi connectivity index (χ0n) is 9.56. The van der Waals surface area contributed by atoms with Gasteiger partial charge in [0.05, 0.1) is 0 Å². The number of pyridine rings is 1. The fraction of sp³-hybridized carbons (Fsp3) is 0.500. The quantitative estimate of drug-likeness (QED) is 0.771. The number of aliphatic hydroxyl groups is 1. The van der Waals surface area contributed by atoms with E-state index in [1.54, 1.807) is 4.90 Å². The highest BCUT2D eigenvalue weighted by Gasteiger charge is 2.25. The predicted molar refractivity (Wildman–Crippen MR) is 62.8 cm³/mol. The van der Waals surface area contributed by atoms with Crippen LogP contribution in [0.4, 0.5) is 0 Å². The number of hydrogen-bond donors (Lipinski definition) is 2. The van der Waals surface area contributed by atoms with Gasteiger partial charge in [-0.25, -0.2) is 0 Å². The van der Waals surface area contributed by atoms with Crippen LogP contribution < -0.4 is 5.43 Å². The van der Waals surface area contributed by atoms with Crippen molar-refractivity contribution in [2.24, 2.45) is 5.92 Å². The maximum atomic E-state index is 12.1. The van der Waals surface area contributed by atoms with Gasteiger partial charge in [-0.05, 0) is 18.8 Å². The van der Waals surface area contributed by atoms with Crippen LogP contribution in [0.5, 0.6) is 0 Å². The molecule has 1 aliphatic heterocycles. The predicted octanol–water partition coefficient (Wildman–Crippen LogP) is 0.219. The molecule has 0 bridgehead atoms. The Morgan fingerprint density at radius 3 is 3.12 bits per heavy atom. The molecule has 1 fully saturated rings. The van der Waals surface area contributed by atoms with E-state index in [0.29, 0.717) is 13.1 Å². The zero-order chi connectivity index (χ0) is 12.3. The molecule has 1 aliphatic rings. The zero-order valence-corrected chi connectivity index (χ0v) is 9.56. The van der Waals surface area contributed by atoms with Gasteiger partial charge in [-0.15, -0.1) is 0 Å². The lowest BCUT2D eigenvalue weighted by Gasteiger charge is -2.31. The van der Waals surface area contributed by atoms with Crippen molar-refractivity contribution < 1.29 is 9.90 Å². The lowest BCUT2D eigenvalue weighted by Crippen LogP contribution is -2.42. The summed E-state index contributed by atoms with van der Waals surface area (Å²) in [6.45, 7) is 1.28. The van der Waals surface area contributed by atoms with Crippen molar-refractivity contribution in [1.29, 1.82) is 0 Å². The third-order valence-corrected chi connectivity index (χ3v) is 3.12. The molecule has 0 aromatic carbocycles. The third kappa shape index (κ3) is 2.55. The summed E-state index contributed by atoms with van der Waals surface area (Å²) >= 11 is 0. The summed E-state index contributed by atoms with van der Waals surface area (Å²) in [4.78, 5) is 28.0. The van der Waals surface area contributed by atoms with Crippen molar-refractivity contribution in [3.63, 3.8) is 0 Å². The molecule has 1 atom stereocenters. The molecule has 2 heterocycles. The topological polar surface area (TPSA) is 73.4 Å². The number of piperidine rings is 1. The summed E-state index contributed by atoms with van der Waals surface area (Å²) in [6.07, 6.45) is 4.76. The molecule has 0 spiro atoms. The first-order valence-corrected chi connectivity index (χ1v) is 5.79. The molecule has 5 nitrogen and oxygen atoms in total. The van der Waals surface area contributed by atoms with Gasteiger partial charge in [-0.3, -0.25) is 9.59 Å². The van der Waals surface area contributed by atoms with E-state index in [-0.39, 0.29) is 29.4 Å². The second-order valence-corrected chi connectivity index (χ2v) is 4.36. The molecular formula is C12H16N2O3. The first-order chi connectivity index (χ1) is 8.22. The summed E-state index contributed by atoms with van der Waals surface area (Å²) in [5, 5.41) is 9.11. The fourth-order valence-electron chi connectivity index (χ4n) is 2.15. The van der Waals surface area contributed by atoms with E-state index in [4.69, 9.17) is 5.11 Å². The molecule has 1 aromatic rings. The van der Waals surface area contributed by atoms with E-state index in [9.17, 15) is 9.59 Å². The standard InChI is InChI=1S/C12H16N2O3/c15-8-9-2-1-5-14(7-9)12(17)10-6-13-4-3-11(10)16/h3-4,6,9,15H,1-2,5,7-8H2,(H,13,16). The minimum Gasteiger partial charge on any atom is -0.396 e. The number of aromatic amines is 1. The van der Waals surface area contributed by atoms with E-state index < -0.39 is 0 Å². The van der Waals surface area contributed by atoms with Crippen LogP contribution in [0.25, 0.3) is 0 Å². The van der Waals surface area contributed by atoms with Crippen molar-refractivity contribution in [1.82, 2.24) is 9.88 Å². The number of aromatic nitrogens is 1. The molecule has 2 N–H and O–H groups in total. The molecule has 0 aliphatic carbocycles. The Balaban J connectivity index is 2.15. The maximum Gasteiger partial charge on any atom is 0.259 e. The molecule has 0 saturated carbocycles. The minimum atomic E-state index is -0.264. The molecule has 17 heavy (non-hydrogen) atoms. The highest BCUT2D eigenvalue weighted by molar-refractivity contribution is 5.93. The summed E-state index contributed by atoms with van der Waals surface area (Å²) in [7, 11) is 0. The highest BCUT2D eigenvalue weighted by atomic mass is 16.3. The summed E-state index contributed by atoms with van der Waals surface area (Å²) in [6, 6.07) is 1.35. The van der Waals surface area contributed by atoms with Crippen LogP contribution >= 0.6 is 0 Å². The first kappa shape index (κ1) is 11.9. The number of rotatable bonds is 2. The number of carbonyl (C=O) groups excluding carboxylic acids is 1. The first-order valence-electron chi connectivity index (χ1n) is 5.79. The van der Waals surface area contributed by atoms with Gasteiger partial charge in [0, 0.05) is 38.2 Å². The third-order valence-electron chi connectivity index (χ3n) is 3.12. The fourth-order valence-corrected chi connectivity index (χ4v) is 2.15. The van der Waals surface area contributed by atoms with Gasteiger partial charge in [0.25, 0.3) is 5.91 Å². The van der Waals surface area contributed by atoms with Crippen LogP contribution in [0, 0.1) is 5.92 Å². The van der Waals surface area contributed by atoms with E-state index in [1.165, 1.54) is 18.5 Å². The average molecular weight is 236 g/mol. The number of aliphatic hydroxyl groups excluding tert-OH is 1. The van der Waals surface area contributed by atoms with E-state index >= 15 is 0 Å². The van der Waals surface area contributed by atoms with Crippen molar-refractivity contribution >= 4 is 5.91 Å². The van der Waals surface area contributed by atoms with Crippen LogP contribution in [-0.2, 0) is 0 Å². The molecule has 2 rings (SSSR count). The van der Waals surface area contributed by atoms with Crippen LogP contribution in [0.3, 0.4) is 0 Å². The van der Waals surface area contributed by atoms with E-state index in [2.05, 4.69) is 4.98 Å². The Bertz CT molecular complexity index is 455. The molecule has 1 unspecified atom stereocenters. The monoisotopic (exact) mass is 236 g/mol. The molecule has 1 saturated heterocycles. The SMILES string of the molecule is O=C(c1c[nH]ccc1=O)N1CCCC(CO)C1. The van der Waals surface area contributed by atoms with E-state index in [0.717, 1.165) is 12.8 Å². The molecule has 1 aromatic heterocycles. The Morgan fingerprint density at radius 1 is 1.59 bits per heavy atom. The van der Waals surface area contributed by atoms with Gasteiger partial charge in [0.15, 0.2) is 5.43 Å². The minimum absolute atomic E-state index is 0.0922. The number of hydrogen-bond acceptors (Lipinski definition) is 3. The number of nitrogens with one attached hydrogen (secondary N) is 1. The van der Waals surface area contributed by atoms with Crippen molar-refractivity contribution in [2.75, 3.05) is 19.7 Å². The molecule has 92 valence electrons. The lowest BCUT2D eigenvalue weighted by molar-refractivity contribution is 0.0619. The van der Waals surface area contributed by atoms with Gasteiger partial charge >= 0.3 is 0 Å². The number of nitrogens with zero attached hydrogens (tertiary/aromatic N) is 1. The van der Waals surface area contributed by atoms with Crippen molar-refractivity contribution in [2.45, 2.75) is 12.8 Å². The second-order valence-electron chi connectivity index (χ2n) is 4.36. The Hall–Kier alpha value is -1.62. The Morgan fingerprint density at radius 2 is 2.41 bits per heavy atom. The van der Waals surface area contributed by atoms with Gasteiger partial charge < -0.3 is 15.0 Å². The second kappa shape index (κ2) is 5.14. The van der Waals surface area contributed by atoms with Gasteiger partial charge in [-0.2, -0.15) is 0 Å². The van der Waals surface area contributed by atoms with E-state index in [1.807, 2.05) is 0 Å². The highest BCUT2D eigenvalue weighted by Crippen LogP contribution is 2.16. The van der Waals surface area contributed by atoms with Crippen molar-refractivity contribution in [3.8, 4) is 0 Å². The van der Waals surface area contributed by atoms with Gasteiger partial charge in [0.1, 0.15) is 5.56 Å². The summed E-state index contributed by atoms with van der Waals surface area (Å²) in [5.41, 5.74) is -0.0917. The van der Waals surface area contributed by atoms with Crippen molar-refractivity contribution in [3.05, 3.63) is 34.2 Å². The van der Waals surface area contributed by atoms with Crippen LogP contribution in [0.15, 0.2) is 23.3 Å². The van der Waals surface area contributed by atoms with Crippen LogP contribution in [0.1, 0.15) is 23.2 Å². The number of carbonyl (C=O) groups is 1. The maximum absolute atomic E-state index is 12.1. The average Bonchev–Trinajstić information content (AvgIpc) is 2.38. The van der Waals surface area contributed by atoms with Crippen LogP contribution in [-0.4, -0.2) is 40.6 Å². The molecular weight excluding hydrogens is 220 g/mol. The Kier molecular flexibility index (Phi) is 3.58. The van der Waals surface area contributed by atoms with Gasteiger partial charge in [-0.1, -0.05) is 0 Å².